The Hall–Kier alpha value is -0.860. The molecule has 2 unspecified atom stereocenters. The quantitative estimate of drug-likeness (QED) is 0.798. The minimum absolute atomic E-state index is 0.448. The van der Waals surface area contributed by atoms with Gasteiger partial charge in [-0.25, -0.2) is 0 Å². The molecule has 0 amide bonds. The van der Waals surface area contributed by atoms with Gasteiger partial charge < -0.3 is 10.1 Å². The van der Waals surface area contributed by atoms with Crippen LogP contribution in [0.1, 0.15) is 63.1 Å². The van der Waals surface area contributed by atoms with E-state index in [1.807, 2.05) is 0 Å². The van der Waals surface area contributed by atoms with Crippen molar-refractivity contribution in [3.8, 4) is 0 Å². The Morgan fingerprint density at radius 1 is 1.19 bits per heavy atom. The second-order valence-electron chi connectivity index (χ2n) is 6.75. The highest BCUT2D eigenvalue weighted by Gasteiger charge is 2.17. The van der Waals surface area contributed by atoms with Gasteiger partial charge in [0.05, 0.1) is 6.10 Å². The van der Waals surface area contributed by atoms with Gasteiger partial charge in [-0.15, -0.1) is 0 Å². The summed E-state index contributed by atoms with van der Waals surface area (Å²) in [5.74, 6) is 0.722. The summed E-state index contributed by atoms with van der Waals surface area (Å²) in [6, 6.07) is 9.61. The van der Waals surface area contributed by atoms with E-state index in [1.165, 1.54) is 43.2 Å². The Balaban J connectivity index is 1.87. The highest BCUT2D eigenvalue weighted by atomic mass is 16.5. The van der Waals surface area contributed by atoms with Crippen molar-refractivity contribution in [2.24, 2.45) is 5.92 Å². The molecule has 1 N–H and O–H groups in total. The third-order valence-corrected chi connectivity index (χ3v) is 4.43. The number of benzene rings is 1. The van der Waals surface area contributed by atoms with Crippen LogP contribution >= 0.6 is 0 Å². The van der Waals surface area contributed by atoms with Crippen LogP contribution in [-0.4, -0.2) is 19.8 Å². The monoisotopic (exact) mass is 289 g/mol. The van der Waals surface area contributed by atoms with Crippen molar-refractivity contribution in [2.75, 3.05) is 13.7 Å². The van der Waals surface area contributed by atoms with E-state index in [4.69, 9.17) is 4.74 Å². The van der Waals surface area contributed by atoms with Crippen LogP contribution in [-0.2, 0) is 11.2 Å². The number of rotatable bonds is 7. The molecule has 1 aliphatic heterocycles. The van der Waals surface area contributed by atoms with Crippen LogP contribution < -0.4 is 5.32 Å². The van der Waals surface area contributed by atoms with Crippen molar-refractivity contribution in [3.05, 3.63) is 35.4 Å². The van der Waals surface area contributed by atoms with Crippen molar-refractivity contribution < 1.29 is 4.74 Å². The van der Waals surface area contributed by atoms with Crippen LogP contribution in [0.5, 0.6) is 0 Å². The molecular weight excluding hydrogens is 258 g/mol. The summed E-state index contributed by atoms with van der Waals surface area (Å²) in [5, 5.41) is 3.46. The first-order chi connectivity index (χ1) is 10.2. The molecule has 1 fully saturated rings. The summed E-state index contributed by atoms with van der Waals surface area (Å²) in [5.41, 5.74) is 2.85. The van der Waals surface area contributed by atoms with Gasteiger partial charge in [-0.1, -0.05) is 38.1 Å². The van der Waals surface area contributed by atoms with Gasteiger partial charge in [0.15, 0.2) is 0 Å². The summed E-state index contributed by atoms with van der Waals surface area (Å²) in [4.78, 5) is 0. The van der Waals surface area contributed by atoms with Crippen LogP contribution in [0.4, 0.5) is 0 Å². The minimum Gasteiger partial charge on any atom is -0.378 e. The number of ether oxygens (including phenoxy) is 1. The van der Waals surface area contributed by atoms with Gasteiger partial charge in [-0.3, -0.25) is 0 Å². The molecule has 2 atom stereocenters. The molecule has 1 saturated heterocycles. The van der Waals surface area contributed by atoms with Crippen molar-refractivity contribution in [2.45, 2.75) is 64.5 Å². The Bertz CT molecular complexity index is 393. The lowest BCUT2D eigenvalue weighted by molar-refractivity contribution is 0.00866. The molecule has 0 spiro atoms. The molecule has 0 aromatic heterocycles. The zero-order valence-electron chi connectivity index (χ0n) is 13.9. The Kier molecular flexibility index (Phi) is 6.72. The molecular formula is C19H31NO. The summed E-state index contributed by atoms with van der Waals surface area (Å²) in [7, 11) is 2.06. The van der Waals surface area contributed by atoms with E-state index in [-0.39, 0.29) is 0 Å². The Labute approximate surface area is 130 Å². The van der Waals surface area contributed by atoms with E-state index in [9.17, 15) is 0 Å². The van der Waals surface area contributed by atoms with Gasteiger partial charge in [0, 0.05) is 12.6 Å². The fourth-order valence-electron chi connectivity index (χ4n) is 3.22. The summed E-state index contributed by atoms with van der Waals surface area (Å²) in [6.45, 7) is 5.50. The van der Waals surface area contributed by atoms with E-state index in [0.717, 1.165) is 18.9 Å². The molecule has 2 nitrogen and oxygen atoms in total. The molecule has 0 saturated carbocycles. The van der Waals surface area contributed by atoms with E-state index >= 15 is 0 Å². The average Bonchev–Trinajstić information content (AvgIpc) is 2.50. The van der Waals surface area contributed by atoms with Gasteiger partial charge in [-0.2, -0.15) is 0 Å². The zero-order valence-corrected chi connectivity index (χ0v) is 13.9. The van der Waals surface area contributed by atoms with Gasteiger partial charge in [-0.05, 0) is 62.6 Å². The number of nitrogens with one attached hydrogen (secondary N) is 1. The van der Waals surface area contributed by atoms with E-state index in [0.29, 0.717) is 12.1 Å². The van der Waals surface area contributed by atoms with Crippen LogP contribution in [0, 0.1) is 5.92 Å². The second kappa shape index (κ2) is 8.55. The highest BCUT2D eigenvalue weighted by molar-refractivity contribution is 5.25. The maximum atomic E-state index is 5.84. The van der Waals surface area contributed by atoms with Gasteiger partial charge in [0.2, 0.25) is 0 Å². The molecule has 1 aromatic rings. The molecule has 1 aliphatic rings. The van der Waals surface area contributed by atoms with E-state index in [1.54, 1.807) is 0 Å². The maximum absolute atomic E-state index is 5.84. The molecule has 0 bridgehead atoms. The van der Waals surface area contributed by atoms with Crippen molar-refractivity contribution in [3.63, 3.8) is 0 Å². The lowest BCUT2D eigenvalue weighted by atomic mass is 9.95. The lowest BCUT2D eigenvalue weighted by Gasteiger charge is -2.25. The van der Waals surface area contributed by atoms with Crippen LogP contribution in [0.15, 0.2) is 24.3 Å². The van der Waals surface area contributed by atoms with Gasteiger partial charge in [0.25, 0.3) is 0 Å². The smallest absolute Gasteiger partial charge is 0.0575 e. The summed E-state index contributed by atoms with van der Waals surface area (Å²) in [6.07, 6.45) is 7.78. The predicted molar refractivity (Wildman–Crippen MR) is 89.6 cm³/mol. The van der Waals surface area contributed by atoms with Crippen molar-refractivity contribution in [1.29, 1.82) is 0 Å². The molecule has 2 rings (SSSR count). The largest absolute Gasteiger partial charge is 0.378 e. The number of hydrogen-bond donors (Lipinski definition) is 1. The van der Waals surface area contributed by atoms with Crippen LogP contribution in [0.25, 0.3) is 0 Å². The third kappa shape index (κ3) is 5.44. The van der Waals surface area contributed by atoms with E-state index < -0.39 is 0 Å². The molecule has 21 heavy (non-hydrogen) atoms. The first kappa shape index (κ1) is 16.5. The standard InChI is InChI=1S/C19H31NO/c1-15(2)14-16-7-9-17(10-8-16)19(20-3)12-11-18-6-4-5-13-21-18/h7-10,15,18-20H,4-6,11-14H2,1-3H3. The van der Waals surface area contributed by atoms with Crippen LogP contribution in [0.2, 0.25) is 0 Å². The van der Waals surface area contributed by atoms with E-state index in [2.05, 4.69) is 50.5 Å². The maximum Gasteiger partial charge on any atom is 0.0575 e. The first-order valence-electron chi connectivity index (χ1n) is 8.56. The molecule has 118 valence electrons. The molecule has 0 aliphatic carbocycles. The summed E-state index contributed by atoms with van der Waals surface area (Å²) < 4.78 is 5.84. The Morgan fingerprint density at radius 3 is 2.52 bits per heavy atom. The fourth-order valence-corrected chi connectivity index (χ4v) is 3.22. The fraction of sp³-hybridized carbons (Fsp3) is 0.684. The Morgan fingerprint density at radius 2 is 1.95 bits per heavy atom. The first-order valence-corrected chi connectivity index (χ1v) is 8.56. The van der Waals surface area contributed by atoms with Crippen molar-refractivity contribution in [1.82, 2.24) is 5.32 Å². The average molecular weight is 289 g/mol. The third-order valence-electron chi connectivity index (χ3n) is 4.43. The minimum atomic E-state index is 0.448. The molecule has 0 radical (unpaired) electrons. The van der Waals surface area contributed by atoms with Crippen LogP contribution in [0.3, 0.4) is 0 Å². The lowest BCUT2D eigenvalue weighted by Crippen LogP contribution is -2.23. The van der Waals surface area contributed by atoms with Gasteiger partial charge in [0.1, 0.15) is 0 Å². The predicted octanol–water partition coefficient (Wildman–Crippen LogP) is 4.49. The SMILES string of the molecule is CNC(CCC1CCCCO1)c1ccc(CC(C)C)cc1. The molecule has 1 heterocycles. The highest BCUT2D eigenvalue weighted by Crippen LogP contribution is 2.24. The summed E-state index contributed by atoms with van der Waals surface area (Å²) >= 11 is 0. The molecule has 1 aromatic carbocycles. The topological polar surface area (TPSA) is 21.3 Å². The normalized spacial score (nSPS) is 20.7. The van der Waals surface area contributed by atoms with Gasteiger partial charge >= 0.3 is 0 Å². The zero-order chi connectivity index (χ0) is 15.1. The second-order valence-corrected chi connectivity index (χ2v) is 6.75. The van der Waals surface area contributed by atoms with Crippen molar-refractivity contribution >= 4 is 0 Å². The molecule has 2 heteroatoms. The number of hydrogen-bond acceptors (Lipinski definition) is 2.